The van der Waals surface area contributed by atoms with Crippen LogP contribution >= 0.6 is 11.6 Å². The van der Waals surface area contributed by atoms with Gasteiger partial charge in [0.05, 0.1) is 47.4 Å². The van der Waals surface area contributed by atoms with Crippen molar-refractivity contribution in [3.8, 4) is 17.7 Å². The molecule has 0 unspecified atom stereocenters. The SMILES string of the molecule is Cc1c(C(=O)Nc2cnc(-n3nccn3)c(C#N)c2)cnn1-c1nccc(N)c1Cl. The average Bonchev–Trinajstić information content (AvgIpc) is 3.40. The van der Waals surface area contributed by atoms with Crippen molar-refractivity contribution in [1.29, 1.82) is 5.26 Å². The Hall–Kier alpha value is -4.30. The zero-order valence-corrected chi connectivity index (χ0v) is 16.2. The van der Waals surface area contributed by atoms with E-state index in [9.17, 15) is 10.1 Å². The first-order chi connectivity index (χ1) is 14.5. The number of anilines is 2. The molecule has 12 heteroatoms. The van der Waals surface area contributed by atoms with Gasteiger partial charge in [-0.15, -0.1) is 4.80 Å². The molecule has 0 aliphatic carbocycles. The molecule has 0 fully saturated rings. The first kappa shape index (κ1) is 19.0. The number of nitriles is 1. The molecule has 30 heavy (non-hydrogen) atoms. The summed E-state index contributed by atoms with van der Waals surface area (Å²) in [6, 6.07) is 5.08. The zero-order valence-electron chi connectivity index (χ0n) is 15.5. The smallest absolute Gasteiger partial charge is 0.259 e. The summed E-state index contributed by atoms with van der Waals surface area (Å²) < 4.78 is 1.43. The van der Waals surface area contributed by atoms with Gasteiger partial charge in [0.15, 0.2) is 11.6 Å². The normalized spacial score (nSPS) is 10.6. The van der Waals surface area contributed by atoms with Crippen LogP contribution in [0.25, 0.3) is 11.6 Å². The van der Waals surface area contributed by atoms with Crippen molar-refractivity contribution in [2.45, 2.75) is 6.92 Å². The number of hydrogen-bond donors (Lipinski definition) is 2. The Balaban J connectivity index is 1.62. The van der Waals surface area contributed by atoms with E-state index < -0.39 is 5.91 Å². The van der Waals surface area contributed by atoms with Gasteiger partial charge in [0.25, 0.3) is 5.91 Å². The number of carbonyl (C=O) groups is 1. The predicted molar refractivity (Wildman–Crippen MR) is 107 cm³/mol. The van der Waals surface area contributed by atoms with Crippen molar-refractivity contribution >= 4 is 28.9 Å². The molecule has 0 aliphatic rings. The number of halogens is 1. The third kappa shape index (κ3) is 3.31. The van der Waals surface area contributed by atoms with E-state index in [1.807, 2.05) is 6.07 Å². The molecule has 4 heterocycles. The lowest BCUT2D eigenvalue weighted by atomic mass is 10.2. The Labute approximate surface area is 174 Å². The Kier molecular flexibility index (Phi) is 4.83. The van der Waals surface area contributed by atoms with E-state index >= 15 is 0 Å². The molecule has 0 atom stereocenters. The number of rotatable bonds is 4. The van der Waals surface area contributed by atoms with Crippen LogP contribution in [0.4, 0.5) is 11.4 Å². The Morgan fingerprint density at radius 3 is 2.67 bits per heavy atom. The second-order valence-electron chi connectivity index (χ2n) is 6.07. The highest BCUT2D eigenvalue weighted by molar-refractivity contribution is 6.34. The fourth-order valence-corrected chi connectivity index (χ4v) is 2.92. The Morgan fingerprint density at radius 2 is 1.93 bits per heavy atom. The maximum atomic E-state index is 12.8. The van der Waals surface area contributed by atoms with Crippen molar-refractivity contribution < 1.29 is 4.79 Å². The number of nitrogens with zero attached hydrogens (tertiary/aromatic N) is 8. The molecule has 148 valence electrons. The van der Waals surface area contributed by atoms with Crippen LogP contribution in [0.2, 0.25) is 5.02 Å². The largest absolute Gasteiger partial charge is 0.397 e. The number of hydrogen-bond acceptors (Lipinski definition) is 8. The molecule has 0 aliphatic heterocycles. The van der Waals surface area contributed by atoms with Crippen molar-refractivity contribution in [2.75, 3.05) is 11.1 Å². The predicted octanol–water partition coefficient (Wildman–Crippen LogP) is 1.91. The number of nitrogens with two attached hydrogens (primary N) is 1. The van der Waals surface area contributed by atoms with Crippen molar-refractivity contribution in [3.63, 3.8) is 0 Å². The van der Waals surface area contributed by atoms with Gasteiger partial charge in [0.2, 0.25) is 0 Å². The van der Waals surface area contributed by atoms with Crippen LogP contribution in [-0.4, -0.2) is 40.6 Å². The van der Waals surface area contributed by atoms with Crippen LogP contribution in [0.3, 0.4) is 0 Å². The van der Waals surface area contributed by atoms with Gasteiger partial charge in [-0.1, -0.05) is 11.6 Å². The lowest BCUT2D eigenvalue weighted by Crippen LogP contribution is -2.14. The van der Waals surface area contributed by atoms with Gasteiger partial charge in [-0.3, -0.25) is 4.79 Å². The third-order valence-electron chi connectivity index (χ3n) is 4.21. The lowest BCUT2D eigenvalue weighted by Gasteiger charge is -2.09. The molecule has 1 amide bonds. The van der Waals surface area contributed by atoms with Crippen LogP contribution in [0.1, 0.15) is 21.6 Å². The van der Waals surface area contributed by atoms with Crippen molar-refractivity contribution in [2.24, 2.45) is 0 Å². The van der Waals surface area contributed by atoms with Gasteiger partial charge in [-0.05, 0) is 19.1 Å². The van der Waals surface area contributed by atoms with Gasteiger partial charge >= 0.3 is 0 Å². The minimum absolute atomic E-state index is 0.201. The molecule has 0 saturated heterocycles. The standard InChI is InChI=1S/C18H13ClN10O/c1-10-13(9-26-28(10)17-15(19)14(21)2-3-22-17)18(30)27-12-6-11(7-20)16(23-8-12)29-24-4-5-25-29/h2-6,8-9H,1H3,(H2,21,22)(H,27,30). The molecule has 4 aromatic rings. The number of nitrogens with one attached hydrogen (secondary N) is 1. The maximum absolute atomic E-state index is 12.8. The summed E-state index contributed by atoms with van der Waals surface area (Å²) in [6.45, 7) is 1.70. The van der Waals surface area contributed by atoms with E-state index in [0.29, 0.717) is 28.5 Å². The summed E-state index contributed by atoms with van der Waals surface area (Å²) in [4.78, 5) is 22.3. The first-order valence-corrected chi connectivity index (χ1v) is 8.90. The Bertz CT molecular complexity index is 1290. The van der Waals surface area contributed by atoms with Gasteiger partial charge in [0.1, 0.15) is 16.7 Å². The second kappa shape index (κ2) is 7.61. The quantitative estimate of drug-likeness (QED) is 0.507. The van der Waals surface area contributed by atoms with E-state index in [4.69, 9.17) is 17.3 Å². The molecule has 4 rings (SSSR count). The van der Waals surface area contributed by atoms with E-state index in [0.717, 1.165) is 0 Å². The topological polar surface area (TPSA) is 153 Å². The number of amides is 1. The van der Waals surface area contributed by atoms with E-state index in [1.165, 1.54) is 46.5 Å². The molecule has 0 saturated carbocycles. The summed E-state index contributed by atoms with van der Waals surface area (Å²) in [5.74, 6) is 0.138. The molecule has 11 nitrogen and oxygen atoms in total. The first-order valence-electron chi connectivity index (χ1n) is 8.52. The van der Waals surface area contributed by atoms with Gasteiger partial charge in [-0.25, -0.2) is 14.6 Å². The molecule has 0 radical (unpaired) electrons. The summed E-state index contributed by atoms with van der Waals surface area (Å²) in [6.07, 6.45) is 7.25. The fraction of sp³-hybridized carbons (Fsp3) is 0.0556. The van der Waals surface area contributed by atoms with Crippen LogP contribution in [0, 0.1) is 18.3 Å². The van der Waals surface area contributed by atoms with Crippen LogP contribution in [-0.2, 0) is 0 Å². The van der Waals surface area contributed by atoms with Crippen molar-refractivity contribution in [3.05, 3.63) is 65.0 Å². The van der Waals surface area contributed by atoms with Gasteiger partial charge in [-0.2, -0.15) is 20.6 Å². The highest BCUT2D eigenvalue weighted by atomic mass is 35.5. The van der Waals surface area contributed by atoms with Crippen LogP contribution in [0.5, 0.6) is 0 Å². The molecule has 0 aromatic carbocycles. The summed E-state index contributed by atoms with van der Waals surface area (Å²) in [5.41, 5.74) is 7.51. The molecule has 3 N–H and O–H groups in total. The number of carbonyl (C=O) groups excluding carboxylic acids is 1. The van der Waals surface area contributed by atoms with Crippen LogP contribution in [0.15, 0.2) is 43.1 Å². The average molecular weight is 421 g/mol. The minimum Gasteiger partial charge on any atom is -0.397 e. The van der Waals surface area contributed by atoms with Crippen molar-refractivity contribution in [1.82, 2.24) is 34.7 Å². The summed E-state index contributed by atoms with van der Waals surface area (Å²) >= 11 is 6.21. The minimum atomic E-state index is -0.436. The fourth-order valence-electron chi connectivity index (χ4n) is 2.73. The molecular weight excluding hydrogens is 408 g/mol. The van der Waals surface area contributed by atoms with Crippen LogP contribution < -0.4 is 11.1 Å². The lowest BCUT2D eigenvalue weighted by molar-refractivity contribution is 0.102. The maximum Gasteiger partial charge on any atom is 0.259 e. The summed E-state index contributed by atoms with van der Waals surface area (Å²) in [7, 11) is 0. The van der Waals surface area contributed by atoms with E-state index in [1.54, 1.807) is 13.0 Å². The van der Waals surface area contributed by atoms with Gasteiger partial charge in [0, 0.05) is 6.20 Å². The summed E-state index contributed by atoms with van der Waals surface area (Å²) in [5, 5.41) is 24.5. The Morgan fingerprint density at radius 1 is 1.17 bits per heavy atom. The molecule has 4 aromatic heterocycles. The highest BCUT2D eigenvalue weighted by Gasteiger charge is 2.19. The second-order valence-corrected chi connectivity index (χ2v) is 6.45. The monoisotopic (exact) mass is 420 g/mol. The molecular formula is C18H13ClN10O. The van der Waals surface area contributed by atoms with E-state index in [2.05, 4.69) is 30.6 Å². The third-order valence-corrected chi connectivity index (χ3v) is 4.60. The highest BCUT2D eigenvalue weighted by Crippen LogP contribution is 2.26. The number of pyridine rings is 2. The number of nitrogen functional groups attached to an aromatic ring is 1. The van der Waals surface area contributed by atoms with Gasteiger partial charge < -0.3 is 11.1 Å². The van der Waals surface area contributed by atoms with E-state index in [-0.39, 0.29) is 16.4 Å². The number of aromatic nitrogens is 7. The molecule has 0 spiro atoms. The molecule has 0 bridgehead atoms. The zero-order chi connectivity index (χ0) is 21.3.